The summed E-state index contributed by atoms with van der Waals surface area (Å²) in [6.07, 6.45) is 5.77. The molecule has 1 aromatic rings. The standard InChI is InChI=1S/C14H23N5O2/c1-2-8-21-14-12(15)13(17-9-18-14)16-7-3-4-11(20)19-10-5-6-10/h9-10H,2-8,15H2,1H3,(H,19,20)(H,16,17,18). The van der Waals surface area contributed by atoms with Crippen LogP contribution in [0.5, 0.6) is 5.88 Å². The third kappa shape index (κ3) is 5.09. The van der Waals surface area contributed by atoms with Crippen molar-refractivity contribution in [1.29, 1.82) is 0 Å². The van der Waals surface area contributed by atoms with Crippen molar-refractivity contribution in [3.05, 3.63) is 6.33 Å². The van der Waals surface area contributed by atoms with Crippen molar-refractivity contribution in [3.8, 4) is 5.88 Å². The third-order valence-electron chi connectivity index (χ3n) is 3.11. The van der Waals surface area contributed by atoms with Crippen molar-refractivity contribution >= 4 is 17.4 Å². The zero-order valence-corrected chi connectivity index (χ0v) is 12.4. The van der Waals surface area contributed by atoms with E-state index in [1.165, 1.54) is 6.33 Å². The summed E-state index contributed by atoms with van der Waals surface area (Å²) in [4.78, 5) is 19.6. The summed E-state index contributed by atoms with van der Waals surface area (Å²) in [5.41, 5.74) is 6.36. The number of rotatable bonds is 9. The molecule has 0 aromatic carbocycles. The van der Waals surface area contributed by atoms with Crippen LogP contribution in [0.4, 0.5) is 11.5 Å². The minimum absolute atomic E-state index is 0.113. The quantitative estimate of drug-likeness (QED) is 0.593. The molecule has 0 atom stereocenters. The van der Waals surface area contributed by atoms with Crippen LogP contribution in [0.25, 0.3) is 0 Å². The lowest BCUT2D eigenvalue weighted by Crippen LogP contribution is -2.25. The molecule has 0 aliphatic heterocycles. The van der Waals surface area contributed by atoms with Crippen molar-refractivity contribution in [3.63, 3.8) is 0 Å². The predicted octanol–water partition coefficient (Wildman–Crippen LogP) is 1.32. The number of ether oxygens (including phenoxy) is 1. The molecule has 1 aromatic heterocycles. The Morgan fingerprint density at radius 3 is 3.00 bits per heavy atom. The van der Waals surface area contributed by atoms with Crippen molar-refractivity contribution in [2.45, 2.75) is 45.1 Å². The summed E-state index contributed by atoms with van der Waals surface area (Å²) in [5, 5.41) is 6.08. The van der Waals surface area contributed by atoms with Gasteiger partial charge in [-0.05, 0) is 25.7 Å². The SMILES string of the molecule is CCCOc1ncnc(NCCCC(=O)NC2CC2)c1N. The van der Waals surface area contributed by atoms with E-state index in [0.29, 0.717) is 43.0 Å². The highest BCUT2D eigenvalue weighted by atomic mass is 16.5. The first-order chi connectivity index (χ1) is 10.2. The van der Waals surface area contributed by atoms with Crippen LogP contribution in [0, 0.1) is 0 Å². The Hall–Kier alpha value is -2.05. The van der Waals surface area contributed by atoms with Crippen LogP contribution < -0.4 is 21.1 Å². The van der Waals surface area contributed by atoms with Crippen LogP contribution in [0.2, 0.25) is 0 Å². The van der Waals surface area contributed by atoms with Gasteiger partial charge in [0, 0.05) is 19.0 Å². The number of hydrogen-bond acceptors (Lipinski definition) is 6. The highest BCUT2D eigenvalue weighted by Gasteiger charge is 2.22. The van der Waals surface area contributed by atoms with Gasteiger partial charge in [0.25, 0.3) is 0 Å². The topological polar surface area (TPSA) is 102 Å². The lowest BCUT2D eigenvalue weighted by atomic mass is 10.3. The summed E-state index contributed by atoms with van der Waals surface area (Å²) in [7, 11) is 0. The zero-order chi connectivity index (χ0) is 15.1. The van der Waals surface area contributed by atoms with Crippen LogP contribution in [0.3, 0.4) is 0 Å². The van der Waals surface area contributed by atoms with E-state index < -0.39 is 0 Å². The fourth-order valence-electron chi connectivity index (χ4n) is 1.82. The van der Waals surface area contributed by atoms with E-state index in [2.05, 4.69) is 20.6 Å². The van der Waals surface area contributed by atoms with E-state index in [4.69, 9.17) is 10.5 Å². The summed E-state index contributed by atoms with van der Waals surface area (Å²) in [6.45, 7) is 3.22. The van der Waals surface area contributed by atoms with Crippen LogP contribution in [0.1, 0.15) is 39.0 Å². The number of carbonyl (C=O) groups is 1. The molecular formula is C14H23N5O2. The number of nitrogens with zero attached hydrogens (tertiary/aromatic N) is 2. The molecule has 2 rings (SSSR count). The molecule has 1 amide bonds. The van der Waals surface area contributed by atoms with Gasteiger partial charge in [0.05, 0.1) is 6.61 Å². The molecule has 0 bridgehead atoms. The summed E-state index contributed by atoms with van der Waals surface area (Å²) < 4.78 is 5.44. The van der Waals surface area contributed by atoms with E-state index in [1.54, 1.807) is 0 Å². The fraction of sp³-hybridized carbons (Fsp3) is 0.643. The Balaban J connectivity index is 1.73. The molecule has 21 heavy (non-hydrogen) atoms. The molecule has 1 saturated carbocycles. The van der Waals surface area contributed by atoms with Crippen LogP contribution >= 0.6 is 0 Å². The number of amides is 1. The maximum absolute atomic E-state index is 11.5. The zero-order valence-electron chi connectivity index (χ0n) is 12.4. The van der Waals surface area contributed by atoms with Crippen molar-refractivity contribution in [2.24, 2.45) is 0 Å². The van der Waals surface area contributed by atoms with Crippen molar-refractivity contribution in [1.82, 2.24) is 15.3 Å². The van der Waals surface area contributed by atoms with Gasteiger partial charge in [-0.3, -0.25) is 4.79 Å². The maximum Gasteiger partial charge on any atom is 0.242 e. The van der Waals surface area contributed by atoms with Crippen LogP contribution in [0.15, 0.2) is 6.33 Å². The molecule has 0 saturated heterocycles. The Kier molecular flexibility index (Phi) is 5.59. The van der Waals surface area contributed by atoms with Gasteiger partial charge in [0.1, 0.15) is 12.0 Å². The number of nitrogen functional groups attached to an aromatic ring is 1. The van der Waals surface area contributed by atoms with Gasteiger partial charge in [0.2, 0.25) is 11.8 Å². The first kappa shape index (κ1) is 15.3. The number of carbonyl (C=O) groups excluding carboxylic acids is 1. The first-order valence-electron chi connectivity index (χ1n) is 7.47. The van der Waals surface area contributed by atoms with Gasteiger partial charge in [0.15, 0.2) is 5.82 Å². The van der Waals surface area contributed by atoms with Gasteiger partial charge in [-0.1, -0.05) is 6.92 Å². The predicted molar refractivity (Wildman–Crippen MR) is 81.1 cm³/mol. The minimum atomic E-state index is 0.113. The van der Waals surface area contributed by atoms with E-state index in [0.717, 1.165) is 25.7 Å². The molecule has 0 radical (unpaired) electrons. The third-order valence-corrected chi connectivity index (χ3v) is 3.11. The second kappa shape index (κ2) is 7.66. The van der Waals surface area contributed by atoms with E-state index in [-0.39, 0.29) is 5.91 Å². The van der Waals surface area contributed by atoms with Gasteiger partial charge >= 0.3 is 0 Å². The molecule has 1 heterocycles. The Bertz CT molecular complexity index is 476. The van der Waals surface area contributed by atoms with E-state index in [1.807, 2.05) is 6.92 Å². The highest BCUT2D eigenvalue weighted by molar-refractivity contribution is 5.76. The summed E-state index contributed by atoms with van der Waals surface area (Å²) in [5.74, 6) is 1.07. The fourth-order valence-corrected chi connectivity index (χ4v) is 1.82. The van der Waals surface area contributed by atoms with Crippen LogP contribution in [-0.2, 0) is 4.79 Å². The first-order valence-corrected chi connectivity index (χ1v) is 7.47. The Labute approximate surface area is 124 Å². The van der Waals surface area contributed by atoms with Crippen molar-refractivity contribution < 1.29 is 9.53 Å². The van der Waals surface area contributed by atoms with Gasteiger partial charge in [-0.15, -0.1) is 0 Å². The number of hydrogen-bond donors (Lipinski definition) is 3. The van der Waals surface area contributed by atoms with Gasteiger partial charge in [-0.25, -0.2) is 4.98 Å². The number of aromatic nitrogens is 2. The molecule has 0 spiro atoms. The Morgan fingerprint density at radius 2 is 2.29 bits per heavy atom. The second-order valence-corrected chi connectivity index (χ2v) is 5.16. The number of anilines is 2. The van der Waals surface area contributed by atoms with Crippen molar-refractivity contribution in [2.75, 3.05) is 24.2 Å². The normalized spacial score (nSPS) is 13.8. The molecule has 1 fully saturated rings. The van der Waals surface area contributed by atoms with Crippen LogP contribution in [-0.4, -0.2) is 35.1 Å². The molecule has 116 valence electrons. The lowest BCUT2D eigenvalue weighted by molar-refractivity contribution is -0.121. The number of nitrogens with two attached hydrogens (primary N) is 1. The highest BCUT2D eigenvalue weighted by Crippen LogP contribution is 2.24. The lowest BCUT2D eigenvalue weighted by Gasteiger charge is -2.11. The average molecular weight is 293 g/mol. The molecule has 0 unspecified atom stereocenters. The average Bonchev–Trinajstić information content (AvgIpc) is 3.27. The van der Waals surface area contributed by atoms with E-state index in [9.17, 15) is 4.79 Å². The molecular weight excluding hydrogens is 270 g/mol. The largest absolute Gasteiger partial charge is 0.476 e. The minimum Gasteiger partial charge on any atom is -0.476 e. The second-order valence-electron chi connectivity index (χ2n) is 5.16. The summed E-state index contributed by atoms with van der Waals surface area (Å²) >= 11 is 0. The molecule has 1 aliphatic carbocycles. The smallest absolute Gasteiger partial charge is 0.242 e. The molecule has 7 nitrogen and oxygen atoms in total. The van der Waals surface area contributed by atoms with Gasteiger partial charge in [-0.2, -0.15) is 4.98 Å². The van der Waals surface area contributed by atoms with Gasteiger partial charge < -0.3 is 21.1 Å². The monoisotopic (exact) mass is 293 g/mol. The molecule has 4 N–H and O–H groups in total. The molecule has 7 heteroatoms. The molecule has 1 aliphatic rings. The number of nitrogens with one attached hydrogen (secondary N) is 2. The Morgan fingerprint density at radius 1 is 1.48 bits per heavy atom. The van der Waals surface area contributed by atoms with E-state index >= 15 is 0 Å². The maximum atomic E-state index is 11.5. The summed E-state index contributed by atoms with van der Waals surface area (Å²) in [6, 6.07) is 0.418.